The van der Waals surface area contributed by atoms with Gasteiger partial charge in [0.25, 0.3) is 0 Å². The molecule has 80 valence electrons. The van der Waals surface area contributed by atoms with E-state index in [1.54, 1.807) is 11.3 Å². The fraction of sp³-hybridized carbons (Fsp3) is 0.462. The second kappa shape index (κ2) is 4.31. The van der Waals surface area contributed by atoms with Gasteiger partial charge in [-0.1, -0.05) is 13.0 Å². The lowest BCUT2D eigenvalue weighted by Gasteiger charge is -2.17. The summed E-state index contributed by atoms with van der Waals surface area (Å²) < 4.78 is 0. The summed E-state index contributed by atoms with van der Waals surface area (Å²) in [7, 11) is 0. The molecule has 0 spiro atoms. The summed E-state index contributed by atoms with van der Waals surface area (Å²) in [6.07, 6.45) is 5.30. The Balaban J connectivity index is 2.19. The van der Waals surface area contributed by atoms with Crippen LogP contribution in [0.5, 0.6) is 0 Å². The summed E-state index contributed by atoms with van der Waals surface area (Å²) in [5.74, 6) is 0.991. The summed E-state index contributed by atoms with van der Waals surface area (Å²) in [4.78, 5) is 13.3. The van der Waals surface area contributed by atoms with Crippen LogP contribution < -0.4 is 0 Å². The van der Waals surface area contributed by atoms with Crippen LogP contribution in [0.15, 0.2) is 23.1 Å². The molecular weight excluding hydrogens is 204 g/mol. The Labute approximate surface area is 94.8 Å². The van der Waals surface area contributed by atoms with Crippen LogP contribution in [0.25, 0.3) is 0 Å². The molecule has 0 N–H and O–H groups in total. The highest BCUT2D eigenvalue weighted by atomic mass is 32.1. The third kappa shape index (κ3) is 2.20. The fourth-order valence-electron chi connectivity index (χ4n) is 1.96. The largest absolute Gasteiger partial charge is 0.289 e. The maximum Gasteiger partial charge on any atom is 0.189 e. The number of hydrogen-bond acceptors (Lipinski definition) is 2. The molecule has 1 atom stereocenters. The van der Waals surface area contributed by atoms with E-state index >= 15 is 0 Å². The number of ketones is 1. The number of carbonyl (C=O) groups is 1. The molecule has 1 nitrogen and oxygen atoms in total. The van der Waals surface area contributed by atoms with Gasteiger partial charge in [-0.2, -0.15) is 0 Å². The molecule has 0 fully saturated rings. The van der Waals surface area contributed by atoms with Gasteiger partial charge in [0.2, 0.25) is 0 Å². The molecule has 2 heteroatoms. The second-order valence-electron chi connectivity index (χ2n) is 4.33. The molecule has 1 heterocycles. The molecule has 0 saturated carbocycles. The average Bonchev–Trinajstić information content (AvgIpc) is 2.65. The highest BCUT2D eigenvalue weighted by Crippen LogP contribution is 2.27. The summed E-state index contributed by atoms with van der Waals surface area (Å²) in [6.45, 7) is 4.26. The van der Waals surface area contributed by atoms with Gasteiger partial charge < -0.3 is 0 Å². The minimum Gasteiger partial charge on any atom is -0.289 e. The Hall–Kier alpha value is -0.890. The van der Waals surface area contributed by atoms with Gasteiger partial charge >= 0.3 is 0 Å². The van der Waals surface area contributed by atoms with E-state index < -0.39 is 0 Å². The van der Waals surface area contributed by atoms with Crippen molar-refractivity contribution >= 4 is 17.1 Å². The lowest BCUT2D eigenvalue weighted by Crippen LogP contribution is -2.10. The van der Waals surface area contributed by atoms with Gasteiger partial charge in [-0.05, 0) is 49.1 Å². The number of rotatable bonds is 2. The van der Waals surface area contributed by atoms with Gasteiger partial charge in [-0.25, -0.2) is 0 Å². The van der Waals surface area contributed by atoms with Crippen molar-refractivity contribution in [3.8, 4) is 0 Å². The number of aryl methyl sites for hydroxylation is 1. The van der Waals surface area contributed by atoms with Crippen molar-refractivity contribution in [2.24, 2.45) is 5.92 Å². The molecule has 2 rings (SSSR count). The van der Waals surface area contributed by atoms with Crippen LogP contribution >= 0.6 is 11.3 Å². The number of Topliss-reactive ketones (excluding diaryl/α,β-unsaturated/α-hetero) is 1. The highest BCUT2D eigenvalue weighted by molar-refractivity contribution is 7.10. The summed E-state index contributed by atoms with van der Waals surface area (Å²) in [6, 6.07) is 1.95. The lowest BCUT2D eigenvalue weighted by molar-refractivity contribution is 0.102. The molecular formula is C13H16OS. The van der Waals surface area contributed by atoms with Crippen molar-refractivity contribution in [2.75, 3.05) is 0 Å². The zero-order valence-electron chi connectivity index (χ0n) is 9.25. The molecule has 1 aliphatic rings. The molecule has 1 unspecified atom stereocenters. The van der Waals surface area contributed by atoms with Crippen molar-refractivity contribution in [1.82, 2.24) is 0 Å². The van der Waals surface area contributed by atoms with Crippen LogP contribution in [0.4, 0.5) is 0 Å². The number of hydrogen-bond donors (Lipinski definition) is 0. The number of allylic oxidation sites excluding steroid dienone is 2. The Morgan fingerprint density at radius 2 is 2.33 bits per heavy atom. The smallest absolute Gasteiger partial charge is 0.189 e. The van der Waals surface area contributed by atoms with Crippen LogP contribution in [0.1, 0.15) is 41.4 Å². The van der Waals surface area contributed by atoms with E-state index in [1.807, 2.05) is 18.4 Å². The zero-order chi connectivity index (χ0) is 10.8. The molecule has 0 aliphatic heterocycles. The fourth-order valence-corrected chi connectivity index (χ4v) is 2.66. The van der Waals surface area contributed by atoms with Crippen molar-refractivity contribution in [3.63, 3.8) is 0 Å². The van der Waals surface area contributed by atoms with Crippen molar-refractivity contribution < 1.29 is 4.79 Å². The lowest BCUT2D eigenvalue weighted by atomic mass is 9.87. The SMILES string of the molecule is Cc1sccc1C(=O)C1=CCC(C)CC1. The van der Waals surface area contributed by atoms with Crippen LogP contribution in [0.2, 0.25) is 0 Å². The third-order valence-electron chi connectivity index (χ3n) is 3.07. The molecule has 0 radical (unpaired) electrons. The van der Waals surface area contributed by atoms with E-state index in [2.05, 4.69) is 13.0 Å². The second-order valence-corrected chi connectivity index (χ2v) is 5.45. The van der Waals surface area contributed by atoms with Crippen LogP contribution in [-0.2, 0) is 0 Å². The Bertz CT molecular complexity index is 400. The van der Waals surface area contributed by atoms with E-state index in [0.29, 0.717) is 0 Å². The van der Waals surface area contributed by atoms with Crippen LogP contribution in [-0.4, -0.2) is 5.78 Å². The predicted molar refractivity (Wildman–Crippen MR) is 64.5 cm³/mol. The van der Waals surface area contributed by atoms with E-state index in [4.69, 9.17) is 0 Å². The molecule has 15 heavy (non-hydrogen) atoms. The first-order valence-corrected chi connectivity index (χ1v) is 6.34. The minimum atomic E-state index is 0.251. The first-order valence-electron chi connectivity index (χ1n) is 5.46. The molecule has 0 bridgehead atoms. The number of thiophene rings is 1. The number of carbonyl (C=O) groups excluding carboxylic acids is 1. The zero-order valence-corrected chi connectivity index (χ0v) is 10.1. The highest BCUT2D eigenvalue weighted by Gasteiger charge is 2.18. The van der Waals surface area contributed by atoms with Crippen molar-refractivity contribution in [3.05, 3.63) is 33.5 Å². The van der Waals surface area contributed by atoms with E-state index in [-0.39, 0.29) is 5.78 Å². The van der Waals surface area contributed by atoms with E-state index in [0.717, 1.165) is 41.2 Å². The van der Waals surface area contributed by atoms with Crippen LogP contribution in [0.3, 0.4) is 0 Å². The summed E-state index contributed by atoms with van der Waals surface area (Å²) in [5.41, 5.74) is 1.93. The molecule has 0 amide bonds. The van der Waals surface area contributed by atoms with Crippen molar-refractivity contribution in [1.29, 1.82) is 0 Å². The monoisotopic (exact) mass is 220 g/mol. The molecule has 1 aliphatic carbocycles. The predicted octanol–water partition coefficient (Wildman–Crippen LogP) is 3.99. The molecule has 0 aromatic carbocycles. The summed E-state index contributed by atoms with van der Waals surface area (Å²) in [5, 5.41) is 1.99. The summed E-state index contributed by atoms with van der Waals surface area (Å²) >= 11 is 1.65. The van der Waals surface area contributed by atoms with Gasteiger partial charge in [-0.3, -0.25) is 4.79 Å². The first kappa shape index (κ1) is 10.6. The molecule has 0 saturated heterocycles. The maximum atomic E-state index is 12.1. The van der Waals surface area contributed by atoms with E-state index in [9.17, 15) is 4.79 Å². The van der Waals surface area contributed by atoms with E-state index in [1.165, 1.54) is 0 Å². The van der Waals surface area contributed by atoms with Gasteiger partial charge in [0, 0.05) is 10.4 Å². The third-order valence-corrected chi connectivity index (χ3v) is 3.91. The Morgan fingerprint density at radius 1 is 1.53 bits per heavy atom. The van der Waals surface area contributed by atoms with Gasteiger partial charge in [0.1, 0.15) is 0 Å². The average molecular weight is 220 g/mol. The Kier molecular flexibility index (Phi) is 3.06. The van der Waals surface area contributed by atoms with Gasteiger partial charge in [0.15, 0.2) is 5.78 Å². The first-order chi connectivity index (χ1) is 7.18. The van der Waals surface area contributed by atoms with Crippen molar-refractivity contribution in [2.45, 2.75) is 33.1 Å². The maximum absolute atomic E-state index is 12.1. The standard InChI is InChI=1S/C13H16OS/c1-9-3-5-11(6-4-9)13(14)12-7-8-15-10(12)2/h5,7-9H,3-4,6H2,1-2H3. The van der Waals surface area contributed by atoms with Crippen LogP contribution in [0, 0.1) is 12.8 Å². The van der Waals surface area contributed by atoms with Gasteiger partial charge in [-0.15, -0.1) is 11.3 Å². The minimum absolute atomic E-state index is 0.251. The van der Waals surface area contributed by atoms with Gasteiger partial charge in [0.05, 0.1) is 0 Å². The molecule has 1 aromatic heterocycles. The Morgan fingerprint density at radius 3 is 2.87 bits per heavy atom. The normalized spacial score (nSPS) is 21.2. The molecule has 1 aromatic rings. The quantitative estimate of drug-likeness (QED) is 0.689. The topological polar surface area (TPSA) is 17.1 Å².